The maximum absolute atomic E-state index is 13.4. The fraction of sp³-hybridized carbons (Fsp3) is 0.538. The Morgan fingerprint density at radius 3 is 2.50 bits per heavy atom. The number of rotatable bonds is 6. The van der Waals surface area contributed by atoms with Crippen LogP contribution in [0.2, 0.25) is 0 Å². The lowest BCUT2D eigenvalue weighted by molar-refractivity contribution is 0.553. The van der Waals surface area contributed by atoms with Crippen molar-refractivity contribution in [1.29, 1.82) is 0 Å². The maximum Gasteiger partial charge on any atom is 0.136 e. The van der Waals surface area contributed by atoms with Crippen LogP contribution in [-0.2, 0) is 0 Å². The van der Waals surface area contributed by atoms with Gasteiger partial charge in [0.05, 0.1) is 0 Å². The molecule has 0 radical (unpaired) electrons. The number of hydrogen-bond acceptors (Lipinski definition) is 2. The van der Waals surface area contributed by atoms with Crippen molar-refractivity contribution in [2.45, 2.75) is 30.9 Å². The predicted molar refractivity (Wildman–Crippen MR) is 69.4 cm³/mol. The van der Waals surface area contributed by atoms with E-state index in [0.29, 0.717) is 11.2 Å². The smallest absolute Gasteiger partial charge is 0.136 e. The van der Waals surface area contributed by atoms with Gasteiger partial charge < -0.3 is 5.32 Å². The third kappa shape index (κ3) is 4.99. The van der Waals surface area contributed by atoms with Gasteiger partial charge in [-0.15, -0.1) is 11.8 Å². The minimum atomic E-state index is -0.122. The molecule has 1 aromatic carbocycles. The second-order valence-corrected chi connectivity index (χ2v) is 5.89. The SMILES string of the molecule is CC(C)CNCC(C)Sc1ccccc1F. The first-order valence-electron chi connectivity index (χ1n) is 5.71. The third-order valence-electron chi connectivity index (χ3n) is 2.15. The second-order valence-electron chi connectivity index (χ2n) is 4.41. The molecule has 0 aliphatic carbocycles. The first-order chi connectivity index (χ1) is 7.59. The van der Waals surface area contributed by atoms with Gasteiger partial charge in [0.2, 0.25) is 0 Å². The molecule has 90 valence electrons. The largest absolute Gasteiger partial charge is 0.315 e. The van der Waals surface area contributed by atoms with Crippen molar-refractivity contribution < 1.29 is 4.39 Å². The first kappa shape index (κ1) is 13.5. The predicted octanol–water partition coefficient (Wildman–Crippen LogP) is 3.55. The Morgan fingerprint density at radius 1 is 1.19 bits per heavy atom. The number of halogens is 1. The van der Waals surface area contributed by atoms with E-state index in [4.69, 9.17) is 0 Å². The molecule has 0 spiro atoms. The molecule has 0 heterocycles. The highest BCUT2D eigenvalue weighted by Crippen LogP contribution is 2.25. The number of nitrogens with one attached hydrogen (secondary N) is 1. The summed E-state index contributed by atoms with van der Waals surface area (Å²) < 4.78 is 13.4. The summed E-state index contributed by atoms with van der Waals surface area (Å²) in [7, 11) is 0. The summed E-state index contributed by atoms with van der Waals surface area (Å²) in [5.74, 6) is 0.536. The summed E-state index contributed by atoms with van der Waals surface area (Å²) in [5.41, 5.74) is 0. The molecule has 16 heavy (non-hydrogen) atoms. The zero-order valence-electron chi connectivity index (χ0n) is 10.2. The minimum Gasteiger partial charge on any atom is -0.315 e. The van der Waals surface area contributed by atoms with Crippen LogP contribution in [0.25, 0.3) is 0 Å². The van der Waals surface area contributed by atoms with Crippen LogP contribution in [0.1, 0.15) is 20.8 Å². The lowest BCUT2D eigenvalue weighted by Crippen LogP contribution is -2.26. The Bertz CT molecular complexity index is 315. The molecule has 0 saturated heterocycles. The van der Waals surface area contributed by atoms with Gasteiger partial charge in [-0.05, 0) is 24.6 Å². The van der Waals surface area contributed by atoms with E-state index in [-0.39, 0.29) is 5.82 Å². The lowest BCUT2D eigenvalue weighted by atomic mass is 10.2. The fourth-order valence-corrected chi connectivity index (χ4v) is 2.35. The van der Waals surface area contributed by atoms with Gasteiger partial charge in [-0.3, -0.25) is 0 Å². The van der Waals surface area contributed by atoms with Crippen molar-refractivity contribution in [3.8, 4) is 0 Å². The summed E-state index contributed by atoms with van der Waals surface area (Å²) in [5, 5.41) is 3.77. The maximum atomic E-state index is 13.4. The Balaban J connectivity index is 2.34. The molecule has 1 nitrogen and oxygen atoms in total. The van der Waals surface area contributed by atoms with Crippen molar-refractivity contribution >= 4 is 11.8 Å². The average Bonchev–Trinajstić information content (AvgIpc) is 2.21. The van der Waals surface area contributed by atoms with E-state index in [1.165, 1.54) is 6.07 Å². The van der Waals surface area contributed by atoms with Crippen molar-refractivity contribution in [2.75, 3.05) is 13.1 Å². The molecular formula is C13H20FNS. The van der Waals surface area contributed by atoms with E-state index in [1.807, 2.05) is 12.1 Å². The molecule has 0 aliphatic rings. The van der Waals surface area contributed by atoms with Crippen LogP contribution in [0.5, 0.6) is 0 Å². The van der Waals surface area contributed by atoms with Crippen LogP contribution in [0.4, 0.5) is 4.39 Å². The van der Waals surface area contributed by atoms with Gasteiger partial charge in [0.1, 0.15) is 5.82 Å². The summed E-state index contributed by atoms with van der Waals surface area (Å²) >= 11 is 1.58. The number of hydrogen-bond donors (Lipinski definition) is 1. The second kappa shape index (κ2) is 6.92. The summed E-state index contributed by atoms with van der Waals surface area (Å²) in [6, 6.07) is 6.94. The van der Waals surface area contributed by atoms with Gasteiger partial charge in [-0.1, -0.05) is 32.9 Å². The van der Waals surface area contributed by atoms with Gasteiger partial charge in [0.15, 0.2) is 0 Å². The standard InChI is InChI=1S/C13H20FNS/c1-10(2)8-15-9-11(3)16-13-7-5-4-6-12(13)14/h4-7,10-11,15H,8-9H2,1-3H3. The average molecular weight is 241 g/mol. The monoisotopic (exact) mass is 241 g/mol. The topological polar surface area (TPSA) is 12.0 Å². The van der Waals surface area contributed by atoms with E-state index in [1.54, 1.807) is 17.8 Å². The highest BCUT2D eigenvalue weighted by Gasteiger charge is 2.07. The van der Waals surface area contributed by atoms with Gasteiger partial charge in [-0.25, -0.2) is 4.39 Å². The Morgan fingerprint density at radius 2 is 1.88 bits per heavy atom. The van der Waals surface area contributed by atoms with Crippen molar-refractivity contribution in [2.24, 2.45) is 5.92 Å². The Hall–Kier alpha value is -0.540. The zero-order chi connectivity index (χ0) is 12.0. The van der Waals surface area contributed by atoms with E-state index in [9.17, 15) is 4.39 Å². The van der Waals surface area contributed by atoms with Crippen LogP contribution >= 0.6 is 11.8 Å². The molecule has 0 bridgehead atoms. The highest BCUT2D eigenvalue weighted by molar-refractivity contribution is 8.00. The first-order valence-corrected chi connectivity index (χ1v) is 6.59. The molecule has 0 amide bonds. The van der Waals surface area contributed by atoms with Gasteiger partial charge in [-0.2, -0.15) is 0 Å². The van der Waals surface area contributed by atoms with Crippen LogP contribution in [0.3, 0.4) is 0 Å². The van der Waals surface area contributed by atoms with Crippen molar-refractivity contribution in [3.63, 3.8) is 0 Å². The van der Waals surface area contributed by atoms with Crippen LogP contribution in [-0.4, -0.2) is 18.3 Å². The third-order valence-corrected chi connectivity index (χ3v) is 3.30. The molecule has 1 aromatic rings. The van der Waals surface area contributed by atoms with Crippen LogP contribution in [0, 0.1) is 11.7 Å². The molecule has 0 fully saturated rings. The van der Waals surface area contributed by atoms with Crippen molar-refractivity contribution in [1.82, 2.24) is 5.32 Å². The van der Waals surface area contributed by atoms with Crippen molar-refractivity contribution in [3.05, 3.63) is 30.1 Å². The molecular weight excluding hydrogens is 221 g/mol. The summed E-state index contributed by atoms with van der Waals surface area (Å²) in [6.45, 7) is 8.41. The number of benzene rings is 1. The molecule has 0 saturated carbocycles. The minimum absolute atomic E-state index is 0.122. The van der Waals surface area contributed by atoms with Gasteiger partial charge in [0.25, 0.3) is 0 Å². The highest BCUT2D eigenvalue weighted by atomic mass is 32.2. The quantitative estimate of drug-likeness (QED) is 0.764. The molecule has 1 unspecified atom stereocenters. The molecule has 0 aliphatic heterocycles. The molecule has 1 N–H and O–H groups in total. The van der Waals surface area contributed by atoms with E-state index in [0.717, 1.165) is 18.0 Å². The van der Waals surface area contributed by atoms with E-state index < -0.39 is 0 Å². The lowest BCUT2D eigenvalue weighted by Gasteiger charge is -2.13. The summed E-state index contributed by atoms with van der Waals surface area (Å²) in [6.07, 6.45) is 0. The van der Waals surface area contributed by atoms with Crippen LogP contribution < -0.4 is 5.32 Å². The fourth-order valence-electron chi connectivity index (χ4n) is 1.37. The normalized spacial score (nSPS) is 13.1. The van der Waals surface area contributed by atoms with E-state index in [2.05, 4.69) is 26.1 Å². The molecule has 1 rings (SSSR count). The van der Waals surface area contributed by atoms with E-state index >= 15 is 0 Å². The summed E-state index contributed by atoms with van der Waals surface area (Å²) in [4.78, 5) is 0.737. The molecule has 3 heteroatoms. The van der Waals surface area contributed by atoms with Gasteiger partial charge >= 0.3 is 0 Å². The van der Waals surface area contributed by atoms with Gasteiger partial charge in [0, 0.05) is 16.7 Å². The molecule has 1 atom stereocenters. The molecule has 0 aromatic heterocycles. The van der Waals surface area contributed by atoms with Crippen LogP contribution in [0.15, 0.2) is 29.2 Å². The Kier molecular flexibility index (Phi) is 5.85. The Labute approximate surface area is 102 Å². The number of thioether (sulfide) groups is 1. The zero-order valence-corrected chi connectivity index (χ0v) is 11.0.